The lowest BCUT2D eigenvalue weighted by atomic mass is 10.1. The Kier molecular flexibility index (Phi) is 7.64. The first kappa shape index (κ1) is 24.0. The van der Waals surface area contributed by atoms with E-state index in [1.165, 1.54) is 4.88 Å². The van der Waals surface area contributed by atoms with Crippen molar-refractivity contribution in [3.8, 4) is 0 Å². The lowest BCUT2D eigenvalue weighted by molar-refractivity contribution is 0.0399. The van der Waals surface area contributed by atoms with Crippen LogP contribution in [0.25, 0.3) is 0 Å². The molecule has 1 aliphatic rings. The average Bonchev–Trinajstić information content (AvgIpc) is 3.29. The van der Waals surface area contributed by atoms with Crippen LogP contribution in [-0.4, -0.2) is 49.6 Å². The smallest absolute Gasteiger partial charge is 0.263 e. The lowest BCUT2D eigenvalue weighted by Crippen LogP contribution is -2.33. The standard InChI is InChI=1S/C25H32N6O2S/c1-5-21(22-20(26-3)10-13-34-22)33-16-17-8-7-9-18(14-17)31-12-11-30(4)23-19(24(31)32)15-28-25(29-23)27-6-2/h7-10,13-15,21,26H,5-6,11-12,16H2,1-4H3,(H,27,28,29)/t21-/m0/s1. The molecule has 0 bridgehead atoms. The second-order valence-electron chi connectivity index (χ2n) is 8.17. The summed E-state index contributed by atoms with van der Waals surface area (Å²) in [7, 11) is 3.89. The molecule has 0 fully saturated rings. The number of aromatic nitrogens is 2. The van der Waals surface area contributed by atoms with E-state index in [0.29, 0.717) is 37.0 Å². The number of hydrogen-bond donors (Lipinski definition) is 2. The van der Waals surface area contributed by atoms with Crippen LogP contribution in [0.1, 0.15) is 47.2 Å². The largest absolute Gasteiger partial charge is 0.387 e. The number of nitrogens with one attached hydrogen (secondary N) is 2. The van der Waals surface area contributed by atoms with Gasteiger partial charge in [-0.25, -0.2) is 4.98 Å². The number of anilines is 4. The summed E-state index contributed by atoms with van der Waals surface area (Å²) in [5.74, 6) is 1.09. The van der Waals surface area contributed by atoms with Crippen LogP contribution in [-0.2, 0) is 11.3 Å². The van der Waals surface area contributed by atoms with Gasteiger partial charge in [0.2, 0.25) is 5.95 Å². The van der Waals surface area contributed by atoms with Gasteiger partial charge in [0.05, 0.1) is 23.3 Å². The van der Waals surface area contributed by atoms with Crippen LogP contribution in [0.2, 0.25) is 0 Å². The highest BCUT2D eigenvalue weighted by atomic mass is 32.1. The summed E-state index contributed by atoms with van der Waals surface area (Å²) in [5, 5.41) is 8.44. The van der Waals surface area contributed by atoms with Gasteiger partial charge in [0.25, 0.3) is 5.91 Å². The molecular weight excluding hydrogens is 448 g/mol. The number of thiophene rings is 1. The Morgan fingerprint density at radius 1 is 1.24 bits per heavy atom. The summed E-state index contributed by atoms with van der Waals surface area (Å²) in [4.78, 5) is 27.4. The number of ether oxygens (including phenoxy) is 1. The highest BCUT2D eigenvalue weighted by Crippen LogP contribution is 2.34. The summed E-state index contributed by atoms with van der Waals surface area (Å²) >= 11 is 1.71. The van der Waals surface area contributed by atoms with Gasteiger partial charge in [0.15, 0.2) is 0 Å². The first-order valence-corrected chi connectivity index (χ1v) is 12.5. The number of carbonyl (C=O) groups excluding carboxylic acids is 1. The Hall–Kier alpha value is -3.17. The van der Waals surface area contributed by atoms with Gasteiger partial charge in [-0.1, -0.05) is 19.1 Å². The van der Waals surface area contributed by atoms with Crippen molar-refractivity contribution in [3.05, 3.63) is 57.9 Å². The Morgan fingerprint density at radius 3 is 2.85 bits per heavy atom. The predicted octanol–water partition coefficient (Wildman–Crippen LogP) is 4.78. The molecule has 0 aliphatic carbocycles. The molecule has 0 saturated heterocycles. The molecule has 0 saturated carbocycles. The van der Waals surface area contributed by atoms with Crippen LogP contribution >= 0.6 is 11.3 Å². The minimum atomic E-state index is -0.0934. The van der Waals surface area contributed by atoms with Gasteiger partial charge in [-0.15, -0.1) is 11.3 Å². The highest BCUT2D eigenvalue weighted by Gasteiger charge is 2.28. The average molecular weight is 481 g/mol. The molecule has 0 radical (unpaired) electrons. The monoisotopic (exact) mass is 480 g/mol. The molecule has 1 aromatic carbocycles. The van der Waals surface area contributed by atoms with Crippen molar-refractivity contribution in [3.63, 3.8) is 0 Å². The number of amides is 1. The Morgan fingerprint density at radius 2 is 2.09 bits per heavy atom. The van der Waals surface area contributed by atoms with E-state index >= 15 is 0 Å². The molecule has 1 amide bonds. The van der Waals surface area contributed by atoms with Gasteiger partial charge in [0.1, 0.15) is 11.4 Å². The third-order valence-corrected chi connectivity index (χ3v) is 6.91. The second-order valence-corrected chi connectivity index (χ2v) is 9.11. The molecule has 8 nitrogen and oxygen atoms in total. The van der Waals surface area contributed by atoms with Gasteiger partial charge in [-0.05, 0) is 42.5 Å². The second kappa shape index (κ2) is 10.8. The third kappa shape index (κ3) is 5.00. The molecule has 3 heterocycles. The third-order valence-electron chi connectivity index (χ3n) is 5.90. The summed E-state index contributed by atoms with van der Waals surface area (Å²) in [5.41, 5.74) is 3.50. The molecular formula is C25H32N6O2S. The fraction of sp³-hybridized carbons (Fsp3) is 0.400. The van der Waals surface area contributed by atoms with Crippen molar-refractivity contribution in [1.82, 2.24) is 9.97 Å². The minimum absolute atomic E-state index is 0.0227. The van der Waals surface area contributed by atoms with E-state index in [1.807, 2.05) is 50.2 Å². The Bertz CT molecular complexity index is 1130. The summed E-state index contributed by atoms with van der Waals surface area (Å²) in [6.45, 7) is 6.55. The molecule has 9 heteroatoms. The summed E-state index contributed by atoms with van der Waals surface area (Å²) in [6.07, 6.45) is 2.53. The maximum Gasteiger partial charge on any atom is 0.263 e. The molecule has 2 N–H and O–H groups in total. The number of hydrogen-bond acceptors (Lipinski definition) is 8. The zero-order valence-electron chi connectivity index (χ0n) is 20.2. The predicted molar refractivity (Wildman–Crippen MR) is 139 cm³/mol. The molecule has 2 aromatic heterocycles. The summed E-state index contributed by atoms with van der Waals surface area (Å²) in [6, 6.07) is 10.1. The maximum atomic E-state index is 13.5. The molecule has 0 spiro atoms. The van der Waals surface area contributed by atoms with Crippen molar-refractivity contribution >= 4 is 40.4 Å². The first-order chi connectivity index (χ1) is 16.5. The first-order valence-electron chi connectivity index (χ1n) is 11.6. The Labute approximate surface area is 205 Å². The molecule has 180 valence electrons. The van der Waals surface area contributed by atoms with E-state index in [0.717, 1.165) is 29.9 Å². The normalized spacial score (nSPS) is 14.5. The number of benzene rings is 1. The van der Waals surface area contributed by atoms with Crippen LogP contribution < -0.4 is 20.4 Å². The molecule has 0 unspecified atom stereocenters. The van der Waals surface area contributed by atoms with Gasteiger partial charge < -0.3 is 25.2 Å². The maximum absolute atomic E-state index is 13.5. The lowest BCUT2D eigenvalue weighted by Gasteiger charge is -2.22. The number of likely N-dealkylation sites (N-methyl/N-ethyl adjacent to an activating group) is 1. The van der Waals surface area contributed by atoms with E-state index < -0.39 is 0 Å². The van der Waals surface area contributed by atoms with Crippen LogP contribution in [0.4, 0.5) is 23.1 Å². The van der Waals surface area contributed by atoms with Gasteiger partial charge in [-0.2, -0.15) is 4.98 Å². The SMILES string of the molecule is CCNc1ncc2c(n1)N(C)CCN(c1cccc(CO[C@@H](CC)c3sccc3NC)c1)C2=O. The molecule has 1 aliphatic heterocycles. The van der Waals surface area contributed by atoms with Crippen LogP contribution in [0.3, 0.4) is 0 Å². The van der Waals surface area contributed by atoms with Gasteiger partial charge in [-0.3, -0.25) is 4.79 Å². The quantitative estimate of drug-likeness (QED) is 0.456. The van der Waals surface area contributed by atoms with Crippen molar-refractivity contribution in [2.75, 3.05) is 54.2 Å². The zero-order valence-corrected chi connectivity index (χ0v) is 21.0. The van der Waals surface area contributed by atoms with E-state index in [2.05, 4.69) is 39.0 Å². The number of carbonyl (C=O) groups is 1. The molecule has 3 aromatic rings. The van der Waals surface area contributed by atoms with E-state index in [1.54, 1.807) is 22.4 Å². The Balaban J connectivity index is 1.53. The van der Waals surface area contributed by atoms with E-state index in [-0.39, 0.29) is 12.0 Å². The topological polar surface area (TPSA) is 82.6 Å². The van der Waals surface area contributed by atoms with Gasteiger partial charge in [0, 0.05) is 45.6 Å². The van der Waals surface area contributed by atoms with E-state index in [9.17, 15) is 4.79 Å². The van der Waals surface area contributed by atoms with Crippen molar-refractivity contribution < 1.29 is 9.53 Å². The molecule has 4 rings (SSSR count). The van der Waals surface area contributed by atoms with Crippen molar-refractivity contribution in [2.24, 2.45) is 0 Å². The van der Waals surface area contributed by atoms with Crippen LogP contribution in [0.5, 0.6) is 0 Å². The fourth-order valence-electron chi connectivity index (χ4n) is 4.07. The zero-order chi connectivity index (χ0) is 24.1. The van der Waals surface area contributed by atoms with Crippen LogP contribution in [0, 0.1) is 0 Å². The van der Waals surface area contributed by atoms with E-state index in [4.69, 9.17) is 4.74 Å². The van der Waals surface area contributed by atoms with Crippen LogP contribution in [0.15, 0.2) is 41.9 Å². The van der Waals surface area contributed by atoms with Gasteiger partial charge >= 0.3 is 0 Å². The molecule has 34 heavy (non-hydrogen) atoms. The van der Waals surface area contributed by atoms with Crippen molar-refractivity contribution in [2.45, 2.75) is 33.0 Å². The number of nitrogens with zero attached hydrogens (tertiary/aromatic N) is 4. The summed E-state index contributed by atoms with van der Waals surface area (Å²) < 4.78 is 6.30. The minimum Gasteiger partial charge on any atom is -0.387 e. The number of fused-ring (bicyclic) bond motifs is 1. The molecule has 1 atom stereocenters. The highest BCUT2D eigenvalue weighted by molar-refractivity contribution is 7.10. The fourth-order valence-corrected chi connectivity index (χ4v) is 5.11. The number of rotatable bonds is 9. The van der Waals surface area contributed by atoms with Crippen molar-refractivity contribution in [1.29, 1.82) is 0 Å².